The van der Waals surface area contributed by atoms with Crippen LogP contribution in [0.2, 0.25) is 0 Å². The van der Waals surface area contributed by atoms with Crippen LogP contribution in [0, 0.1) is 0 Å². The summed E-state index contributed by atoms with van der Waals surface area (Å²) in [6, 6.07) is 1.72. The molecule has 0 radical (unpaired) electrons. The van der Waals surface area contributed by atoms with Crippen molar-refractivity contribution in [3.8, 4) is 0 Å². The summed E-state index contributed by atoms with van der Waals surface area (Å²) in [4.78, 5) is 0. The molecule has 0 spiro atoms. The Morgan fingerprint density at radius 2 is 2.24 bits per heavy atom. The predicted molar refractivity (Wildman–Crippen MR) is 85.1 cm³/mol. The molecule has 0 aliphatic carbocycles. The van der Waals surface area contributed by atoms with Gasteiger partial charge in [-0.2, -0.15) is 4.31 Å². The molecule has 1 saturated heterocycles. The zero-order chi connectivity index (χ0) is 15.5. The first-order chi connectivity index (χ1) is 9.98. The lowest BCUT2D eigenvalue weighted by molar-refractivity contribution is -0.0229. The van der Waals surface area contributed by atoms with Gasteiger partial charge in [0, 0.05) is 19.1 Å². The van der Waals surface area contributed by atoms with Crippen molar-refractivity contribution >= 4 is 21.4 Å². The van der Waals surface area contributed by atoms with Crippen LogP contribution in [-0.4, -0.2) is 44.6 Å². The maximum atomic E-state index is 12.8. The fourth-order valence-corrected chi connectivity index (χ4v) is 5.49. The average molecular weight is 332 g/mol. The molecule has 5 nitrogen and oxygen atoms in total. The van der Waals surface area contributed by atoms with E-state index >= 15 is 0 Å². The van der Waals surface area contributed by atoms with Gasteiger partial charge in [0.2, 0.25) is 0 Å². The molecular formula is C14H24N2O3S2. The molecule has 0 bridgehead atoms. The van der Waals surface area contributed by atoms with Gasteiger partial charge in [0.25, 0.3) is 10.0 Å². The van der Waals surface area contributed by atoms with Crippen molar-refractivity contribution < 1.29 is 13.2 Å². The van der Waals surface area contributed by atoms with E-state index in [2.05, 4.69) is 5.32 Å². The number of nitrogens with zero attached hydrogens (tertiary/aromatic N) is 1. The van der Waals surface area contributed by atoms with E-state index in [0.29, 0.717) is 23.9 Å². The first kappa shape index (κ1) is 16.9. The van der Waals surface area contributed by atoms with Crippen molar-refractivity contribution in [1.82, 2.24) is 9.62 Å². The van der Waals surface area contributed by atoms with Crippen molar-refractivity contribution in [2.24, 2.45) is 0 Å². The number of ether oxygens (including phenoxy) is 1. The molecular weight excluding hydrogens is 308 g/mol. The van der Waals surface area contributed by atoms with Gasteiger partial charge in [0.15, 0.2) is 0 Å². The van der Waals surface area contributed by atoms with Crippen molar-refractivity contribution in [3.05, 3.63) is 17.0 Å². The highest BCUT2D eigenvalue weighted by Gasteiger charge is 2.36. The minimum absolute atomic E-state index is 0.0521. The molecule has 2 atom stereocenters. The number of hydrogen-bond donors (Lipinski definition) is 1. The average Bonchev–Trinajstić information content (AvgIpc) is 2.94. The summed E-state index contributed by atoms with van der Waals surface area (Å²) >= 11 is 1.30. The number of morpholine rings is 1. The van der Waals surface area contributed by atoms with E-state index in [9.17, 15) is 8.42 Å². The summed E-state index contributed by atoms with van der Waals surface area (Å²) in [5.74, 6) is 0. The highest BCUT2D eigenvalue weighted by molar-refractivity contribution is 7.91. The van der Waals surface area contributed by atoms with Crippen molar-refractivity contribution in [2.75, 3.05) is 19.7 Å². The molecule has 0 aromatic carbocycles. The molecule has 1 aromatic heterocycles. The van der Waals surface area contributed by atoms with E-state index < -0.39 is 10.0 Å². The molecule has 120 valence electrons. The fourth-order valence-electron chi connectivity index (χ4n) is 2.40. The van der Waals surface area contributed by atoms with Crippen LogP contribution in [0.5, 0.6) is 0 Å². The van der Waals surface area contributed by atoms with Crippen molar-refractivity contribution in [2.45, 2.75) is 50.1 Å². The highest BCUT2D eigenvalue weighted by Crippen LogP contribution is 2.28. The van der Waals surface area contributed by atoms with Gasteiger partial charge in [0.1, 0.15) is 4.21 Å². The molecule has 1 fully saturated rings. The standard InChI is InChI=1S/C14H24N2O3S2/c1-4-13-9-19-11(3)8-16(13)21(17,18)14-6-12(10-20-14)7-15-5-2/h6,10-11,13,15H,4-5,7-9H2,1-3H3. The van der Waals surface area contributed by atoms with E-state index in [1.54, 1.807) is 10.4 Å². The molecule has 1 N–H and O–H groups in total. The van der Waals surface area contributed by atoms with Crippen LogP contribution in [0.25, 0.3) is 0 Å². The Morgan fingerprint density at radius 3 is 2.90 bits per heavy atom. The van der Waals surface area contributed by atoms with Gasteiger partial charge < -0.3 is 10.1 Å². The quantitative estimate of drug-likeness (QED) is 0.866. The number of nitrogens with one attached hydrogen (secondary N) is 1. The Balaban J connectivity index is 2.21. The minimum Gasteiger partial charge on any atom is -0.375 e. The Labute approximate surface area is 131 Å². The maximum Gasteiger partial charge on any atom is 0.252 e. The van der Waals surface area contributed by atoms with Gasteiger partial charge in [-0.05, 0) is 36.9 Å². The smallest absolute Gasteiger partial charge is 0.252 e. The SMILES string of the molecule is CCNCc1csc(S(=O)(=O)N2CC(C)OCC2CC)c1. The maximum absolute atomic E-state index is 12.8. The molecule has 2 rings (SSSR count). The van der Waals surface area contributed by atoms with E-state index in [0.717, 1.165) is 18.5 Å². The van der Waals surface area contributed by atoms with Gasteiger partial charge in [-0.3, -0.25) is 0 Å². The summed E-state index contributed by atoms with van der Waals surface area (Å²) in [5, 5.41) is 5.13. The molecule has 1 aliphatic rings. The normalized spacial score (nSPS) is 24.3. The van der Waals surface area contributed by atoms with Crippen LogP contribution in [-0.2, 0) is 21.3 Å². The second-order valence-corrected chi connectivity index (χ2v) is 8.36. The Bertz CT molecular complexity index is 556. The lowest BCUT2D eigenvalue weighted by Crippen LogP contribution is -2.50. The fraction of sp³-hybridized carbons (Fsp3) is 0.714. The van der Waals surface area contributed by atoms with E-state index in [1.165, 1.54) is 11.3 Å². The molecule has 1 aromatic rings. The zero-order valence-electron chi connectivity index (χ0n) is 12.8. The highest BCUT2D eigenvalue weighted by atomic mass is 32.2. The van der Waals surface area contributed by atoms with Gasteiger partial charge in [-0.15, -0.1) is 11.3 Å². The first-order valence-corrected chi connectivity index (χ1v) is 9.72. The molecule has 7 heteroatoms. The third-order valence-corrected chi connectivity index (χ3v) is 7.04. The molecule has 2 unspecified atom stereocenters. The number of hydrogen-bond acceptors (Lipinski definition) is 5. The Hall–Kier alpha value is -0.470. The Morgan fingerprint density at radius 1 is 1.48 bits per heavy atom. The van der Waals surface area contributed by atoms with Crippen LogP contribution in [0.1, 0.15) is 32.8 Å². The molecule has 21 heavy (non-hydrogen) atoms. The van der Waals surface area contributed by atoms with Crippen LogP contribution in [0.15, 0.2) is 15.7 Å². The topological polar surface area (TPSA) is 58.6 Å². The minimum atomic E-state index is -3.42. The predicted octanol–water partition coefficient (Wildman–Crippen LogP) is 2.05. The summed E-state index contributed by atoms with van der Waals surface area (Å²) in [6.07, 6.45) is 0.713. The summed E-state index contributed by atoms with van der Waals surface area (Å²) < 4.78 is 33.3. The summed E-state index contributed by atoms with van der Waals surface area (Å²) in [5.41, 5.74) is 1.02. The number of rotatable bonds is 6. The van der Waals surface area contributed by atoms with Gasteiger partial charge >= 0.3 is 0 Å². The van der Waals surface area contributed by atoms with Crippen molar-refractivity contribution in [3.63, 3.8) is 0 Å². The van der Waals surface area contributed by atoms with Crippen LogP contribution >= 0.6 is 11.3 Å². The van der Waals surface area contributed by atoms with Gasteiger partial charge in [-0.1, -0.05) is 13.8 Å². The number of sulfonamides is 1. The van der Waals surface area contributed by atoms with Gasteiger partial charge in [-0.25, -0.2) is 8.42 Å². The summed E-state index contributed by atoms with van der Waals surface area (Å²) in [7, 11) is -3.42. The zero-order valence-corrected chi connectivity index (χ0v) is 14.5. The Kier molecular flexibility index (Phi) is 5.79. The van der Waals surface area contributed by atoms with Crippen LogP contribution in [0.3, 0.4) is 0 Å². The largest absolute Gasteiger partial charge is 0.375 e. The van der Waals surface area contributed by atoms with E-state index in [1.807, 2.05) is 26.2 Å². The molecule has 2 heterocycles. The van der Waals surface area contributed by atoms with Gasteiger partial charge in [0.05, 0.1) is 12.7 Å². The van der Waals surface area contributed by atoms with E-state index in [-0.39, 0.29) is 12.1 Å². The third-order valence-electron chi connectivity index (χ3n) is 3.66. The van der Waals surface area contributed by atoms with Crippen molar-refractivity contribution in [1.29, 1.82) is 0 Å². The second kappa shape index (κ2) is 7.19. The molecule has 0 saturated carbocycles. The first-order valence-electron chi connectivity index (χ1n) is 7.40. The van der Waals surface area contributed by atoms with Crippen LogP contribution < -0.4 is 5.32 Å². The number of thiophene rings is 1. The lowest BCUT2D eigenvalue weighted by Gasteiger charge is -2.36. The third kappa shape index (κ3) is 3.84. The monoisotopic (exact) mass is 332 g/mol. The molecule has 0 amide bonds. The lowest BCUT2D eigenvalue weighted by atomic mass is 10.2. The van der Waals surface area contributed by atoms with Crippen LogP contribution in [0.4, 0.5) is 0 Å². The molecule has 1 aliphatic heterocycles. The summed E-state index contributed by atoms with van der Waals surface area (Å²) in [6.45, 7) is 8.44. The van der Waals surface area contributed by atoms with E-state index in [4.69, 9.17) is 4.74 Å². The second-order valence-electron chi connectivity index (χ2n) is 5.34.